The molecule has 1 aliphatic rings. The van der Waals surface area contributed by atoms with E-state index in [4.69, 9.17) is 9.47 Å². The molecule has 1 N–H and O–H groups in total. The van der Waals surface area contributed by atoms with Gasteiger partial charge in [0.1, 0.15) is 18.1 Å². The fourth-order valence-electron chi connectivity index (χ4n) is 2.34. The fraction of sp³-hybridized carbons (Fsp3) is 0.400. The number of aromatic nitrogens is 2. The molecule has 1 aliphatic heterocycles. The van der Waals surface area contributed by atoms with Gasteiger partial charge in [-0.15, -0.1) is 0 Å². The maximum absolute atomic E-state index is 12.1. The maximum Gasteiger partial charge on any atom is 0.236 e. The average molecular weight is 337 g/mol. The summed E-state index contributed by atoms with van der Waals surface area (Å²) in [5.74, 6) is 0.524. The number of hydrogen-bond donors (Lipinski definition) is 1. The van der Waals surface area contributed by atoms with Crippen LogP contribution in [0.15, 0.2) is 42.7 Å². The summed E-state index contributed by atoms with van der Waals surface area (Å²) in [6.45, 7) is 1.41. The van der Waals surface area contributed by atoms with E-state index in [-0.39, 0.29) is 18.4 Å². The van der Waals surface area contributed by atoms with Crippen LogP contribution in [0.3, 0.4) is 0 Å². The number of anilines is 1. The Bertz CT molecular complexity index is 724. The van der Waals surface area contributed by atoms with Gasteiger partial charge in [0.25, 0.3) is 0 Å². The number of hydrogen-bond acceptors (Lipinski definition) is 5. The molecule has 0 bridgehead atoms. The van der Waals surface area contributed by atoms with Crippen molar-refractivity contribution in [3.05, 3.63) is 42.7 Å². The van der Waals surface area contributed by atoms with Gasteiger partial charge in [-0.25, -0.2) is 8.42 Å². The predicted molar refractivity (Wildman–Crippen MR) is 86.0 cm³/mol. The van der Waals surface area contributed by atoms with Gasteiger partial charge in [-0.3, -0.25) is 9.40 Å². The highest BCUT2D eigenvalue weighted by Gasteiger charge is 2.19. The van der Waals surface area contributed by atoms with Crippen molar-refractivity contribution in [3.8, 4) is 5.75 Å². The van der Waals surface area contributed by atoms with Gasteiger partial charge in [0, 0.05) is 12.8 Å². The Balaban J connectivity index is 1.52. The minimum absolute atomic E-state index is 0.0873. The Morgan fingerprint density at radius 2 is 2.17 bits per heavy atom. The van der Waals surface area contributed by atoms with E-state index in [2.05, 4.69) is 9.82 Å². The zero-order chi connectivity index (χ0) is 16.1. The number of sulfonamides is 1. The van der Waals surface area contributed by atoms with Gasteiger partial charge >= 0.3 is 0 Å². The van der Waals surface area contributed by atoms with E-state index in [1.165, 1.54) is 6.20 Å². The van der Waals surface area contributed by atoms with Crippen LogP contribution < -0.4 is 9.46 Å². The molecule has 0 aliphatic carbocycles. The molecule has 3 rings (SSSR count). The molecule has 1 fully saturated rings. The van der Waals surface area contributed by atoms with Crippen molar-refractivity contribution in [1.29, 1.82) is 0 Å². The van der Waals surface area contributed by atoms with Crippen LogP contribution >= 0.6 is 0 Å². The van der Waals surface area contributed by atoms with Crippen LogP contribution in [0.25, 0.3) is 0 Å². The molecule has 23 heavy (non-hydrogen) atoms. The van der Waals surface area contributed by atoms with Crippen molar-refractivity contribution in [2.75, 3.05) is 30.3 Å². The van der Waals surface area contributed by atoms with E-state index in [0.29, 0.717) is 24.7 Å². The first kappa shape index (κ1) is 15.8. The minimum atomic E-state index is -3.47. The lowest BCUT2D eigenvalue weighted by atomic mass is 10.3. The van der Waals surface area contributed by atoms with Crippen molar-refractivity contribution in [2.24, 2.45) is 0 Å². The van der Waals surface area contributed by atoms with E-state index >= 15 is 0 Å². The molecule has 0 amide bonds. The molecule has 1 aromatic carbocycles. The van der Waals surface area contributed by atoms with E-state index < -0.39 is 10.0 Å². The second kappa shape index (κ2) is 7.01. The van der Waals surface area contributed by atoms with Crippen LogP contribution in [0.5, 0.6) is 5.75 Å². The number of nitrogens with zero attached hydrogens (tertiary/aromatic N) is 2. The lowest BCUT2D eigenvalue weighted by molar-refractivity contribution is 0.184. The molecule has 124 valence electrons. The summed E-state index contributed by atoms with van der Waals surface area (Å²) in [5, 5.41) is 4.19. The Morgan fingerprint density at radius 1 is 1.35 bits per heavy atom. The Hall–Kier alpha value is -2.06. The number of nitrogens with one attached hydrogen (secondary N) is 1. The van der Waals surface area contributed by atoms with Gasteiger partial charge in [-0.1, -0.05) is 18.2 Å². The summed E-state index contributed by atoms with van der Waals surface area (Å²) in [4.78, 5) is 0. The number of benzene rings is 1. The Kier molecular flexibility index (Phi) is 4.82. The first-order valence-electron chi connectivity index (χ1n) is 7.43. The third kappa shape index (κ3) is 4.46. The highest BCUT2D eigenvalue weighted by atomic mass is 32.2. The van der Waals surface area contributed by atoms with E-state index in [1.807, 2.05) is 18.2 Å². The Labute approximate surface area is 135 Å². The summed E-state index contributed by atoms with van der Waals surface area (Å²) in [5.41, 5.74) is 0.455. The van der Waals surface area contributed by atoms with Crippen LogP contribution in [0.2, 0.25) is 0 Å². The molecule has 7 nitrogen and oxygen atoms in total. The third-order valence-corrected chi connectivity index (χ3v) is 4.77. The normalized spacial score (nSPS) is 18.0. The second-order valence-corrected chi connectivity index (χ2v) is 7.15. The second-order valence-electron chi connectivity index (χ2n) is 5.31. The van der Waals surface area contributed by atoms with Gasteiger partial charge in [0.05, 0.1) is 24.5 Å². The number of para-hydroxylation sites is 1. The van der Waals surface area contributed by atoms with Gasteiger partial charge in [0.2, 0.25) is 10.0 Å². The molecular weight excluding hydrogens is 318 g/mol. The number of rotatable bonds is 7. The van der Waals surface area contributed by atoms with E-state index in [9.17, 15) is 8.42 Å². The van der Waals surface area contributed by atoms with Crippen molar-refractivity contribution >= 4 is 15.7 Å². The summed E-state index contributed by atoms with van der Waals surface area (Å²) in [6, 6.07) is 9.29. The lowest BCUT2D eigenvalue weighted by Gasteiger charge is -2.08. The Morgan fingerprint density at radius 3 is 2.91 bits per heavy atom. The van der Waals surface area contributed by atoms with E-state index in [0.717, 1.165) is 6.42 Å². The minimum Gasteiger partial charge on any atom is -0.492 e. The van der Waals surface area contributed by atoms with Gasteiger partial charge in [0.15, 0.2) is 0 Å². The smallest absolute Gasteiger partial charge is 0.236 e. The molecular formula is C15H19N3O4S. The zero-order valence-corrected chi connectivity index (χ0v) is 13.4. The predicted octanol–water partition coefficient (Wildman–Crippen LogP) is 1.67. The molecule has 8 heteroatoms. The highest BCUT2D eigenvalue weighted by Crippen LogP contribution is 2.20. The first-order chi connectivity index (χ1) is 11.1. The average Bonchev–Trinajstić information content (AvgIpc) is 3.18. The molecule has 0 spiro atoms. The molecule has 2 aromatic rings. The van der Waals surface area contributed by atoms with Crippen LogP contribution in [0, 0.1) is 0 Å². The third-order valence-electron chi connectivity index (χ3n) is 3.52. The van der Waals surface area contributed by atoms with Crippen molar-refractivity contribution in [3.63, 3.8) is 0 Å². The highest BCUT2D eigenvalue weighted by molar-refractivity contribution is 7.92. The SMILES string of the molecule is O=S(=O)(CCOc1ccccc1)Nc1cnn([C@@H]2CCOC2)c1. The van der Waals surface area contributed by atoms with Gasteiger partial charge < -0.3 is 9.47 Å². The van der Waals surface area contributed by atoms with Crippen LogP contribution in [0.1, 0.15) is 12.5 Å². The summed E-state index contributed by atoms with van der Waals surface area (Å²) in [6.07, 6.45) is 4.08. The van der Waals surface area contributed by atoms with E-state index in [1.54, 1.807) is 23.0 Å². The molecule has 0 radical (unpaired) electrons. The monoisotopic (exact) mass is 337 g/mol. The van der Waals surface area contributed by atoms with Crippen molar-refractivity contribution in [1.82, 2.24) is 9.78 Å². The van der Waals surface area contributed by atoms with Crippen LogP contribution in [-0.4, -0.2) is 43.8 Å². The fourth-order valence-corrected chi connectivity index (χ4v) is 3.21. The van der Waals surface area contributed by atoms with Crippen molar-refractivity contribution in [2.45, 2.75) is 12.5 Å². The zero-order valence-electron chi connectivity index (χ0n) is 12.6. The molecule has 2 heterocycles. The van der Waals surface area contributed by atoms with Crippen LogP contribution in [0.4, 0.5) is 5.69 Å². The van der Waals surface area contributed by atoms with Gasteiger partial charge in [-0.2, -0.15) is 5.10 Å². The first-order valence-corrected chi connectivity index (χ1v) is 9.08. The number of ether oxygens (including phenoxy) is 2. The standard InChI is InChI=1S/C15H19N3O4S/c19-23(20,9-8-22-15-4-2-1-3-5-15)17-13-10-16-18(11-13)14-6-7-21-12-14/h1-5,10-11,14,17H,6-9,12H2/t14-/m1/s1. The molecule has 1 atom stereocenters. The summed E-state index contributed by atoms with van der Waals surface area (Å²) >= 11 is 0. The largest absolute Gasteiger partial charge is 0.492 e. The molecule has 0 saturated carbocycles. The molecule has 1 saturated heterocycles. The van der Waals surface area contributed by atoms with Gasteiger partial charge in [-0.05, 0) is 18.6 Å². The van der Waals surface area contributed by atoms with Crippen molar-refractivity contribution < 1.29 is 17.9 Å². The summed E-state index contributed by atoms with van der Waals surface area (Å²) in [7, 11) is -3.47. The quantitative estimate of drug-likeness (QED) is 0.831. The maximum atomic E-state index is 12.1. The molecule has 1 aromatic heterocycles. The summed E-state index contributed by atoms with van der Waals surface area (Å²) < 4.78 is 39.1. The van der Waals surface area contributed by atoms with Crippen LogP contribution in [-0.2, 0) is 14.8 Å². The molecule has 0 unspecified atom stereocenters. The lowest BCUT2D eigenvalue weighted by Crippen LogP contribution is -2.21. The topological polar surface area (TPSA) is 82.5 Å².